The maximum absolute atomic E-state index is 12.0. The summed E-state index contributed by atoms with van der Waals surface area (Å²) < 4.78 is 11.0. The third-order valence-electron chi connectivity index (χ3n) is 3.63. The zero-order valence-electron chi connectivity index (χ0n) is 12.9. The number of nitrogens with two attached hydrogens (primary N) is 1. The van der Waals surface area contributed by atoms with Gasteiger partial charge in [0.15, 0.2) is 11.9 Å². The summed E-state index contributed by atoms with van der Waals surface area (Å²) in [6.07, 6.45) is -5.44. The van der Waals surface area contributed by atoms with Crippen LogP contribution in [-0.2, 0) is 14.3 Å². The summed E-state index contributed by atoms with van der Waals surface area (Å²) in [6.45, 7) is 0. The molecule has 3 heterocycles. The third kappa shape index (κ3) is 3.16. The second-order valence-corrected chi connectivity index (χ2v) is 6.39. The standard InChI is InChI=1S/C12H14N5O8P/c13-1-4-2-17(8-5(4)9(21)16-12(14)15-8)10-6(19)7(20)11(23-10)24-25-26(22)3-18/h2,6-7,10-11,18-20,22H,3H2,(H3,14,15,16,21)/t6?,7-,10-,11-,26?/m1/s1. The minimum absolute atomic E-state index is 0.0413. The van der Waals surface area contributed by atoms with Crippen molar-refractivity contribution < 1.29 is 34.5 Å². The molecular formula is C12H14N5O8P. The molecular weight excluding hydrogens is 373 g/mol. The van der Waals surface area contributed by atoms with Crippen LogP contribution in [0.1, 0.15) is 11.8 Å². The average Bonchev–Trinajstić information content (AvgIpc) is 3.11. The molecule has 0 spiro atoms. The van der Waals surface area contributed by atoms with Crippen LogP contribution in [0.25, 0.3) is 11.0 Å². The fourth-order valence-electron chi connectivity index (χ4n) is 2.50. The van der Waals surface area contributed by atoms with E-state index in [9.17, 15) is 20.3 Å². The minimum Gasteiger partial charge on any atom is -0.387 e. The summed E-state index contributed by atoms with van der Waals surface area (Å²) in [5.41, 5.74) is 4.78. The number of nitrogens with one attached hydrogen (secondary N) is 1. The molecule has 1 saturated heterocycles. The molecule has 140 valence electrons. The van der Waals surface area contributed by atoms with Gasteiger partial charge in [0, 0.05) is 6.20 Å². The van der Waals surface area contributed by atoms with Gasteiger partial charge in [0.2, 0.25) is 20.6 Å². The first-order valence-electron chi connectivity index (χ1n) is 7.10. The fourth-order valence-corrected chi connectivity index (χ4v) is 2.74. The fraction of sp³-hybridized carbons (Fsp3) is 0.417. The van der Waals surface area contributed by atoms with E-state index in [1.807, 2.05) is 6.07 Å². The zero-order valence-corrected chi connectivity index (χ0v) is 13.8. The number of aliphatic hydroxyl groups is 3. The molecule has 0 aromatic carbocycles. The summed E-state index contributed by atoms with van der Waals surface area (Å²) in [6, 6.07) is 1.82. The topological polar surface area (TPSA) is 209 Å². The van der Waals surface area contributed by atoms with Crippen LogP contribution in [0.5, 0.6) is 0 Å². The van der Waals surface area contributed by atoms with E-state index >= 15 is 0 Å². The number of ether oxygens (including phenoxy) is 1. The van der Waals surface area contributed by atoms with E-state index in [4.69, 9.17) is 20.5 Å². The van der Waals surface area contributed by atoms with Crippen LogP contribution < -0.4 is 11.3 Å². The van der Waals surface area contributed by atoms with Crippen molar-refractivity contribution >= 4 is 25.4 Å². The highest BCUT2D eigenvalue weighted by atomic mass is 31.2. The lowest BCUT2D eigenvalue weighted by Gasteiger charge is -2.17. The second-order valence-electron chi connectivity index (χ2n) is 5.25. The van der Waals surface area contributed by atoms with Gasteiger partial charge in [0.25, 0.3) is 5.56 Å². The molecule has 5 atom stereocenters. The number of nitrogen functional groups attached to an aromatic ring is 1. The molecule has 0 amide bonds. The highest BCUT2D eigenvalue weighted by Gasteiger charge is 2.46. The van der Waals surface area contributed by atoms with Crippen molar-refractivity contribution in [3.05, 3.63) is 22.1 Å². The number of anilines is 1. The van der Waals surface area contributed by atoms with Crippen LogP contribution in [-0.4, -0.2) is 59.6 Å². The van der Waals surface area contributed by atoms with Crippen LogP contribution >= 0.6 is 8.38 Å². The molecule has 2 aromatic rings. The van der Waals surface area contributed by atoms with Crippen LogP contribution in [0, 0.1) is 11.3 Å². The van der Waals surface area contributed by atoms with Crippen LogP contribution in [0.4, 0.5) is 5.95 Å². The van der Waals surface area contributed by atoms with Gasteiger partial charge in [-0.05, 0) is 0 Å². The Morgan fingerprint density at radius 2 is 2.23 bits per heavy atom. The van der Waals surface area contributed by atoms with E-state index in [0.29, 0.717) is 0 Å². The van der Waals surface area contributed by atoms with E-state index in [1.54, 1.807) is 0 Å². The Hall–Kier alpha value is -2.14. The Kier molecular flexibility index (Phi) is 5.19. The number of hydrogen-bond donors (Lipinski definition) is 6. The van der Waals surface area contributed by atoms with Gasteiger partial charge in [-0.2, -0.15) is 19.8 Å². The monoisotopic (exact) mass is 387 g/mol. The van der Waals surface area contributed by atoms with E-state index in [0.717, 1.165) is 4.57 Å². The molecule has 1 aliphatic rings. The van der Waals surface area contributed by atoms with Crippen molar-refractivity contribution in [2.24, 2.45) is 0 Å². The second kappa shape index (κ2) is 7.23. The number of aromatic amines is 1. The largest absolute Gasteiger partial charge is 0.387 e. The number of nitrogens with zero attached hydrogens (tertiary/aromatic N) is 3. The van der Waals surface area contributed by atoms with Crippen LogP contribution in [0.15, 0.2) is 11.0 Å². The number of nitriles is 1. The maximum Gasteiger partial charge on any atom is 0.263 e. The quantitative estimate of drug-likeness (QED) is 0.187. The molecule has 0 aliphatic carbocycles. The summed E-state index contributed by atoms with van der Waals surface area (Å²) >= 11 is 0. The van der Waals surface area contributed by atoms with Gasteiger partial charge in [0.05, 0.1) is 5.56 Å². The summed E-state index contributed by atoms with van der Waals surface area (Å²) in [4.78, 5) is 32.1. The molecule has 1 fully saturated rings. The lowest BCUT2D eigenvalue weighted by atomic mass is 10.2. The van der Waals surface area contributed by atoms with Gasteiger partial charge < -0.3 is 35.3 Å². The Balaban J connectivity index is 1.97. The highest BCUT2D eigenvalue weighted by molar-refractivity contribution is 7.45. The van der Waals surface area contributed by atoms with Crippen molar-refractivity contribution in [2.75, 3.05) is 12.1 Å². The van der Waals surface area contributed by atoms with Gasteiger partial charge in [-0.15, -0.1) is 0 Å². The minimum atomic E-state index is -2.30. The summed E-state index contributed by atoms with van der Waals surface area (Å²) in [5, 5.41) is 38.1. The molecule has 2 aromatic heterocycles. The number of aliphatic hydroxyl groups excluding tert-OH is 3. The lowest BCUT2D eigenvalue weighted by Crippen LogP contribution is -2.32. The molecule has 0 saturated carbocycles. The molecule has 0 radical (unpaired) electrons. The molecule has 3 rings (SSSR count). The van der Waals surface area contributed by atoms with E-state index in [-0.39, 0.29) is 22.5 Å². The Morgan fingerprint density at radius 3 is 2.88 bits per heavy atom. The number of aromatic nitrogens is 3. The van der Waals surface area contributed by atoms with E-state index < -0.39 is 45.0 Å². The SMILES string of the molecule is N#Cc1cn([C@@H]2O[C@H](OOP(O)CO)[C@H](O)C2O)c2nc(N)[nH]c(=O)c12. The van der Waals surface area contributed by atoms with Gasteiger partial charge >= 0.3 is 0 Å². The Labute approximate surface area is 145 Å². The molecule has 0 bridgehead atoms. The van der Waals surface area contributed by atoms with E-state index in [1.165, 1.54) is 6.20 Å². The van der Waals surface area contributed by atoms with E-state index in [2.05, 4.69) is 19.5 Å². The van der Waals surface area contributed by atoms with Crippen molar-refractivity contribution in [1.29, 1.82) is 5.26 Å². The molecule has 26 heavy (non-hydrogen) atoms. The number of H-pyrrole nitrogens is 1. The number of hydrogen-bond acceptors (Lipinski definition) is 11. The molecule has 13 nitrogen and oxygen atoms in total. The molecule has 14 heteroatoms. The molecule has 1 aliphatic heterocycles. The highest BCUT2D eigenvalue weighted by Crippen LogP contribution is 2.36. The van der Waals surface area contributed by atoms with Crippen LogP contribution in [0.3, 0.4) is 0 Å². The predicted molar refractivity (Wildman–Crippen MR) is 83.8 cm³/mol. The number of fused-ring (bicyclic) bond motifs is 1. The Bertz CT molecular complexity index is 909. The van der Waals surface area contributed by atoms with Crippen molar-refractivity contribution in [3.63, 3.8) is 0 Å². The first-order chi connectivity index (χ1) is 12.4. The number of rotatable bonds is 5. The first-order valence-corrected chi connectivity index (χ1v) is 8.50. The van der Waals surface area contributed by atoms with Crippen molar-refractivity contribution in [1.82, 2.24) is 14.5 Å². The van der Waals surface area contributed by atoms with Gasteiger partial charge in [-0.3, -0.25) is 9.78 Å². The first kappa shape index (κ1) is 18.6. The summed E-state index contributed by atoms with van der Waals surface area (Å²) in [5.74, 6) is -0.218. The molecule has 7 N–H and O–H groups in total. The van der Waals surface area contributed by atoms with Gasteiger partial charge in [-0.25, -0.2) is 0 Å². The van der Waals surface area contributed by atoms with Crippen molar-refractivity contribution in [3.8, 4) is 6.07 Å². The average molecular weight is 387 g/mol. The predicted octanol–water partition coefficient (Wildman–Crippen LogP) is -2.04. The van der Waals surface area contributed by atoms with Gasteiger partial charge in [0.1, 0.15) is 30.0 Å². The molecule has 2 unspecified atom stereocenters. The summed E-state index contributed by atoms with van der Waals surface area (Å²) in [7, 11) is -2.30. The third-order valence-corrected chi connectivity index (χ3v) is 4.13. The normalized spacial score (nSPS) is 26.9. The van der Waals surface area contributed by atoms with Gasteiger partial charge in [-0.1, -0.05) is 0 Å². The maximum atomic E-state index is 12.0. The van der Waals surface area contributed by atoms with Crippen molar-refractivity contribution in [2.45, 2.75) is 24.7 Å². The Morgan fingerprint density at radius 1 is 1.50 bits per heavy atom. The smallest absolute Gasteiger partial charge is 0.263 e. The zero-order chi connectivity index (χ0) is 19.0. The lowest BCUT2D eigenvalue weighted by molar-refractivity contribution is -0.332. The van der Waals surface area contributed by atoms with Crippen LogP contribution in [0.2, 0.25) is 0 Å².